The van der Waals surface area contributed by atoms with Crippen molar-refractivity contribution in [1.29, 1.82) is 0 Å². The molecule has 0 spiro atoms. The largest absolute Gasteiger partial charge is 0.482 e. The zero-order chi connectivity index (χ0) is 28.9. The third-order valence-corrected chi connectivity index (χ3v) is 6.84. The van der Waals surface area contributed by atoms with Gasteiger partial charge in [0.1, 0.15) is 17.3 Å². The number of carbonyl (C=O) groups is 2. The molecule has 0 radical (unpaired) electrons. The Morgan fingerprint density at radius 2 is 1.31 bits per heavy atom. The van der Waals surface area contributed by atoms with Gasteiger partial charge in [-0.15, -0.1) is 0 Å². The first kappa shape index (κ1) is 26.7. The second-order valence-corrected chi connectivity index (χ2v) is 9.69. The van der Waals surface area contributed by atoms with Crippen LogP contribution >= 0.6 is 0 Å². The minimum atomic E-state index is -0.503. The SMILES string of the molecule is O=C(COc1ccc(-c2ccc(C(=O)c3c(Cc4ccccc4)oc4c(F)cccc34)cc2)cc1)Oc1ccccc1. The Morgan fingerprint density at radius 3 is 2.00 bits per heavy atom. The van der Waals surface area contributed by atoms with Gasteiger partial charge in [-0.3, -0.25) is 4.79 Å². The van der Waals surface area contributed by atoms with Gasteiger partial charge in [-0.25, -0.2) is 9.18 Å². The van der Waals surface area contributed by atoms with Crippen LogP contribution in [-0.2, 0) is 11.2 Å². The molecule has 6 rings (SSSR count). The molecule has 1 heterocycles. The third-order valence-electron chi connectivity index (χ3n) is 6.84. The Balaban J connectivity index is 1.17. The number of fused-ring (bicyclic) bond motifs is 1. The van der Waals surface area contributed by atoms with Crippen LogP contribution in [0.3, 0.4) is 0 Å². The van der Waals surface area contributed by atoms with E-state index in [2.05, 4.69) is 0 Å². The van der Waals surface area contributed by atoms with Gasteiger partial charge in [-0.05, 0) is 47.0 Å². The van der Waals surface area contributed by atoms with Gasteiger partial charge in [-0.2, -0.15) is 0 Å². The Bertz CT molecular complexity index is 1840. The highest BCUT2D eigenvalue weighted by molar-refractivity contribution is 6.17. The van der Waals surface area contributed by atoms with Gasteiger partial charge in [0, 0.05) is 17.4 Å². The fraction of sp³-hybridized carbons (Fsp3) is 0.0556. The zero-order valence-corrected chi connectivity index (χ0v) is 22.5. The van der Waals surface area contributed by atoms with Crippen LogP contribution in [0.1, 0.15) is 27.2 Å². The highest BCUT2D eigenvalue weighted by atomic mass is 19.1. The van der Waals surface area contributed by atoms with E-state index >= 15 is 0 Å². The van der Waals surface area contributed by atoms with E-state index < -0.39 is 11.8 Å². The topological polar surface area (TPSA) is 65.7 Å². The highest BCUT2D eigenvalue weighted by Gasteiger charge is 2.24. The first-order chi connectivity index (χ1) is 20.5. The second-order valence-electron chi connectivity index (χ2n) is 9.69. The maximum Gasteiger partial charge on any atom is 0.349 e. The van der Waals surface area contributed by atoms with E-state index in [9.17, 15) is 14.0 Å². The highest BCUT2D eigenvalue weighted by Crippen LogP contribution is 2.32. The average molecular weight is 557 g/mol. The number of hydrogen-bond donors (Lipinski definition) is 0. The lowest BCUT2D eigenvalue weighted by atomic mass is 9.96. The van der Waals surface area contributed by atoms with Gasteiger partial charge in [0.25, 0.3) is 0 Å². The Labute approximate surface area is 241 Å². The molecule has 42 heavy (non-hydrogen) atoms. The van der Waals surface area contributed by atoms with Gasteiger partial charge < -0.3 is 13.9 Å². The molecule has 0 saturated heterocycles. The van der Waals surface area contributed by atoms with Crippen molar-refractivity contribution in [3.8, 4) is 22.6 Å². The van der Waals surface area contributed by atoms with Crippen LogP contribution in [0.5, 0.6) is 11.5 Å². The van der Waals surface area contributed by atoms with Crippen molar-refractivity contribution in [2.75, 3.05) is 6.61 Å². The molecule has 1 aromatic heterocycles. The Morgan fingerprint density at radius 1 is 0.667 bits per heavy atom. The number of esters is 1. The third kappa shape index (κ3) is 5.83. The summed E-state index contributed by atoms with van der Waals surface area (Å²) >= 11 is 0. The molecule has 0 atom stereocenters. The summed E-state index contributed by atoms with van der Waals surface area (Å²) in [6.07, 6.45) is 0.368. The average Bonchev–Trinajstić information content (AvgIpc) is 3.40. The first-order valence-corrected chi connectivity index (χ1v) is 13.4. The number of ether oxygens (including phenoxy) is 2. The van der Waals surface area contributed by atoms with Crippen LogP contribution in [0.2, 0.25) is 0 Å². The van der Waals surface area contributed by atoms with Crippen molar-refractivity contribution in [2.45, 2.75) is 6.42 Å². The molecule has 0 bridgehead atoms. The number of benzene rings is 5. The van der Waals surface area contributed by atoms with Gasteiger partial charge in [0.15, 0.2) is 23.8 Å². The van der Waals surface area contributed by atoms with Gasteiger partial charge >= 0.3 is 5.97 Å². The summed E-state index contributed by atoms with van der Waals surface area (Å²) in [5, 5.41) is 0.457. The number of halogens is 1. The molecule has 0 unspecified atom stereocenters. The number of carbonyl (C=O) groups excluding carboxylic acids is 2. The van der Waals surface area contributed by atoms with Gasteiger partial charge in [0.2, 0.25) is 0 Å². The van der Waals surface area contributed by atoms with Crippen molar-refractivity contribution in [2.24, 2.45) is 0 Å². The second kappa shape index (κ2) is 11.9. The Hall–Kier alpha value is -5.49. The smallest absolute Gasteiger partial charge is 0.349 e. The first-order valence-electron chi connectivity index (χ1n) is 13.4. The zero-order valence-electron chi connectivity index (χ0n) is 22.5. The summed E-state index contributed by atoms with van der Waals surface area (Å²) in [4.78, 5) is 25.8. The molecule has 0 aliphatic carbocycles. The summed E-state index contributed by atoms with van der Waals surface area (Å²) < 4.78 is 31.3. The summed E-state index contributed by atoms with van der Waals surface area (Å²) in [7, 11) is 0. The molecule has 0 saturated carbocycles. The van der Waals surface area contributed by atoms with Crippen molar-refractivity contribution in [3.63, 3.8) is 0 Å². The number of hydrogen-bond acceptors (Lipinski definition) is 5. The van der Waals surface area contributed by atoms with Crippen LogP contribution < -0.4 is 9.47 Å². The Kier molecular flexibility index (Phi) is 7.60. The molecule has 5 nitrogen and oxygen atoms in total. The fourth-order valence-corrected chi connectivity index (χ4v) is 4.78. The van der Waals surface area contributed by atoms with Crippen molar-refractivity contribution < 1.29 is 27.9 Å². The van der Waals surface area contributed by atoms with Crippen LogP contribution in [0.25, 0.3) is 22.1 Å². The van der Waals surface area contributed by atoms with E-state index in [0.29, 0.717) is 40.2 Å². The van der Waals surface area contributed by atoms with Crippen molar-refractivity contribution >= 4 is 22.7 Å². The maximum absolute atomic E-state index is 14.6. The van der Waals surface area contributed by atoms with Crippen LogP contribution in [0.4, 0.5) is 4.39 Å². The van der Waals surface area contributed by atoms with Crippen molar-refractivity contribution in [1.82, 2.24) is 0 Å². The quantitative estimate of drug-likeness (QED) is 0.102. The molecule has 206 valence electrons. The van der Waals surface area contributed by atoms with Crippen molar-refractivity contribution in [3.05, 3.63) is 156 Å². The van der Waals surface area contributed by atoms with Crippen LogP contribution in [0.15, 0.2) is 132 Å². The molecule has 0 aliphatic rings. The van der Waals surface area contributed by atoms with Gasteiger partial charge in [0.05, 0.1) is 5.56 Å². The summed E-state index contributed by atoms with van der Waals surface area (Å²) in [6, 6.07) is 37.6. The fourth-order valence-electron chi connectivity index (χ4n) is 4.78. The summed E-state index contributed by atoms with van der Waals surface area (Å²) in [6.45, 7) is -0.218. The van der Waals surface area contributed by atoms with E-state index in [1.54, 1.807) is 60.7 Å². The minimum Gasteiger partial charge on any atom is -0.482 e. The number of furan rings is 1. The van der Waals surface area contributed by atoms with Crippen LogP contribution in [-0.4, -0.2) is 18.4 Å². The van der Waals surface area contributed by atoms with Crippen LogP contribution in [0, 0.1) is 5.82 Å². The normalized spacial score (nSPS) is 10.9. The molecule has 0 aliphatic heterocycles. The molecule has 0 fully saturated rings. The number of ketones is 1. The molecule has 6 aromatic rings. The molecular weight excluding hydrogens is 531 g/mol. The molecule has 6 heteroatoms. The maximum atomic E-state index is 14.6. The molecule has 5 aromatic carbocycles. The lowest BCUT2D eigenvalue weighted by Crippen LogP contribution is -2.17. The summed E-state index contributed by atoms with van der Waals surface area (Å²) in [5.41, 5.74) is 3.69. The number of rotatable bonds is 9. The lowest BCUT2D eigenvalue weighted by molar-refractivity contribution is -0.136. The van der Waals surface area contributed by atoms with E-state index in [1.807, 2.05) is 60.7 Å². The minimum absolute atomic E-state index is 0.0824. The predicted molar refractivity (Wildman–Crippen MR) is 158 cm³/mol. The lowest BCUT2D eigenvalue weighted by Gasteiger charge is -2.08. The predicted octanol–water partition coefficient (Wildman–Crippen LogP) is 8.05. The van der Waals surface area contributed by atoms with E-state index in [-0.39, 0.29) is 18.0 Å². The standard InChI is InChI=1S/C36H25FO5/c37-31-13-7-12-30-34(32(42-36(30)31)22-24-8-3-1-4-9-24)35(39)27-16-14-25(15-17-27)26-18-20-28(21-19-26)40-23-33(38)41-29-10-5-2-6-11-29/h1-21H,22-23H2. The van der Waals surface area contributed by atoms with E-state index in [0.717, 1.165) is 16.7 Å². The monoisotopic (exact) mass is 556 g/mol. The molecule has 0 N–H and O–H groups in total. The summed E-state index contributed by atoms with van der Waals surface area (Å²) in [5.74, 6) is 0.188. The van der Waals surface area contributed by atoms with Gasteiger partial charge in [-0.1, -0.05) is 97.1 Å². The van der Waals surface area contributed by atoms with E-state index in [4.69, 9.17) is 13.9 Å². The number of para-hydroxylation sites is 2. The molecular formula is C36H25FO5. The van der Waals surface area contributed by atoms with E-state index in [1.165, 1.54) is 6.07 Å². The molecule has 0 amide bonds.